The van der Waals surface area contributed by atoms with Gasteiger partial charge in [0.05, 0.1) is 25.4 Å². The number of hydrogen-bond donors (Lipinski definition) is 8. The lowest BCUT2D eigenvalue weighted by molar-refractivity contribution is -0.303. The summed E-state index contributed by atoms with van der Waals surface area (Å²) in [5, 5.41) is 75.5. The summed E-state index contributed by atoms with van der Waals surface area (Å²) in [7, 11) is 0. The molecule has 1 saturated heterocycles. The van der Waals surface area contributed by atoms with Crippen LogP contribution in [0.4, 0.5) is 0 Å². The highest BCUT2D eigenvalue weighted by atomic mass is 16.7. The molecule has 0 saturated carbocycles. The zero-order chi connectivity index (χ0) is 39.8. The van der Waals surface area contributed by atoms with Crippen LogP contribution in [0.2, 0.25) is 0 Å². The first-order valence-corrected chi connectivity index (χ1v) is 22.4. The van der Waals surface area contributed by atoms with E-state index in [-0.39, 0.29) is 6.42 Å². The molecule has 0 aromatic heterocycles. The fourth-order valence-electron chi connectivity index (χ4n) is 7.38. The second-order valence-corrected chi connectivity index (χ2v) is 16.1. The second kappa shape index (κ2) is 34.2. The van der Waals surface area contributed by atoms with Gasteiger partial charge >= 0.3 is 0 Å². The molecular weight excluding hydrogens is 690 g/mol. The smallest absolute Gasteiger partial charge is 0.249 e. The van der Waals surface area contributed by atoms with Crippen molar-refractivity contribution < 1.29 is 50.0 Å². The molecule has 11 heteroatoms. The van der Waals surface area contributed by atoms with Gasteiger partial charge in [-0.3, -0.25) is 4.79 Å². The molecule has 0 spiro atoms. The molecule has 54 heavy (non-hydrogen) atoms. The molecule has 1 aliphatic heterocycles. The highest BCUT2D eigenvalue weighted by Gasteiger charge is 2.44. The molecule has 9 unspecified atom stereocenters. The zero-order valence-electron chi connectivity index (χ0n) is 34.5. The molecule has 0 bridgehead atoms. The molecule has 0 aliphatic carbocycles. The maximum Gasteiger partial charge on any atom is 0.249 e. The van der Waals surface area contributed by atoms with Crippen molar-refractivity contribution in [2.45, 2.75) is 255 Å². The molecule has 11 nitrogen and oxygen atoms in total. The number of carbonyl (C=O) groups excluding carboxylic acids is 1. The van der Waals surface area contributed by atoms with Gasteiger partial charge in [-0.2, -0.15) is 0 Å². The summed E-state index contributed by atoms with van der Waals surface area (Å²) in [4.78, 5) is 13.0. The number of aliphatic hydroxyl groups excluding tert-OH is 7. The first-order valence-electron chi connectivity index (χ1n) is 22.4. The predicted molar refractivity (Wildman–Crippen MR) is 215 cm³/mol. The number of rotatable bonds is 37. The molecule has 1 rings (SSSR count). The van der Waals surface area contributed by atoms with Gasteiger partial charge in [-0.25, -0.2) is 0 Å². The molecule has 1 aliphatic rings. The Morgan fingerprint density at radius 2 is 0.963 bits per heavy atom. The molecule has 322 valence electrons. The van der Waals surface area contributed by atoms with Crippen molar-refractivity contribution in [3.63, 3.8) is 0 Å². The molecule has 1 amide bonds. The predicted octanol–water partition coefficient (Wildman–Crippen LogP) is 6.72. The molecule has 0 radical (unpaired) electrons. The van der Waals surface area contributed by atoms with E-state index in [9.17, 15) is 40.5 Å². The van der Waals surface area contributed by atoms with E-state index in [0.717, 1.165) is 38.5 Å². The largest absolute Gasteiger partial charge is 0.394 e. The monoisotopic (exact) mass is 776 g/mol. The third kappa shape index (κ3) is 24.0. The van der Waals surface area contributed by atoms with Crippen LogP contribution in [0.5, 0.6) is 0 Å². The van der Waals surface area contributed by atoms with Crippen LogP contribution in [0.1, 0.15) is 200 Å². The zero-order valence-corrected chi connectivity index (χ0v) is 34.5. The fourth-order valence-corrected chi connectivity index (χ4v) is 7.38. The number of unbranched alkanes of at least 4 members (excludes halogenated alkanes) is 25. The number of ether oxygens (including phenoxy) is 2. The minimum atomic E-state index is -1.65. The van der Waals surface area contributed by atoms with Gasteiger partial charge in [0.1, 0.15) is 36.6 Å². The lowest BCUT2D eigenvalue weighted by Crippen LogP contribution is -2.60. The first kappa shape index (κ1) is 51.1. The lowest BCUT2D eigenvalue weighted by Gasteiger charge is -2.40. The van der Waals surface area contributed by atoms with Crippen LogP contribution >= 0.6 is 0 Å². The van der Waals surface area contributed by atoms with Crippen LogP contribution in [0.25, 0.3) is 0 Å². The van der Waals surface area contributed by atoms with E-state index in [1.807, 2.05) is 0 Å². The van der Waals surface area contributed by atoms with Gasteiger partial charge in [0, 0.05) is 0 Å². The first-order chi connectivity index (χ1) is 26.2. The molecule has 0 aromatic carbocycles. The van der Waals surface area contributed by atoms with Crippen molar-refractivity contribution in [3.05, 3.63) is 0 Å². The second-order valence-electron chi connectivity index (χ2n) is 16.1. The Morgan fingerprint density at radius 3 is 1.37 bits per heavy atom. The van der Waals surface area contributed by atoms with E-state index in [1.165, 1.54) is 122 Å². The average molecular weight is 776 g/mol. The van der Waals surface area contributed by atoms with E-state index >= 15 is 0 Å². The fraction of sp³-hybridized carbons (Fsp3) is 0.977. The van der Waals surface area contributed by atoms with Crippen LogP contribution in [0.3, 0.4) is 0 Å². The van der Waals surface area contributed by atoms with Crippen molar-refractivity contribution in [2.24, 2.45) is 0 Å². The summed E-state index contributed by atoms with van der Waals surface area (Å²) in [6.45, 7) is 3.42. The number of nitrogens with one attached hydrogen (secondary N) is 1. The van der Waals surface area contributed by atoms with Crippen LogP contribution < -0.4 is 5.32 Å². The Hall–Kier alpha value is -0.890. The standard InChI is InChI=1S/C43H85NO10/c1-3-5-7-9-11-13-15-16-17-18-19-20-21-23-24-26-28-30-35(46)38(48)34(33-53-43-41(51)40(50)39(49)37(32-45)54-43)44-42(52)36(47)31-29-27-25-22-14-12-10-8-6-4-2/h34-41,43,45-51H,3-33H2,1-2H3,(H,44,52). The minimum Gasteiger partial charge on any atom is -0.394 e. The van der Waals surface area contributed by atoms with Crippen LogP contribution in [-0.4, -0.2) is 110 Å². The highest BCUT2D eigenvalue weighted by molar-refractivity contribution is 5.80. The van der Waals surface area contributed by atoms with Gasteiger partial charge in [0.25, 0.3) is 0 Å². The molecular formula is C43H85NO10. The minimum absolute atomic E-state index is 0.264. The molecule has 1 fully saturated rings. The van der Waals surface area contributed by atoms with E-state index in [0.29, 0.717) is 19.3 Å². The van der Waals surface area contributed by atoms with E-state index in [2.05, 4.69) is 19.2 Å². The summed E-state index contributed by atoms with van der Waals surface area (Å²) < 4.78 is 11.1. The number of amides is 1. The lowest BCUT2D eigenvalue weighted by atomic mass is 9.98. The summed E-state index contributed by atoms with van der Waals surface area (Å²) in [5.41, 5.74) is 0. The molecule has 0 aromatic rings. The summed E-state index contributed by atoms with van der Waals surface area (Å²) in [6.07, 6.45) is 21.6. The molecule has 1 heterocycles. The van der Waals surface area contributed by atoms with Crippen LogP contribution in [0.15, 0.2) is 0 Å². The van der Waals surface area contributed by atoms with Gasteiger partial charge < -0.3 is 50.5 Å². The summed E-state index contributed by atoms with van der Waals surface area (Å²) in [5.74, 6) is -0.697. The third-order valence-corrected chi connectivity index (χ3v) is 11.2. The Labute approximate surface area is 329 Å². The van der Waals surface area contributed by atoms with Gasteiger partial charge in [-0.1, -0.05) is 187 Å². The Morgan fingerprint density at radius 1 is 0.574 bits per heavy atom. The number of carbonyl (C=O) groups is 1. The number of aliphatic hydroxyl groups is 7. The Balaban J connectivity index is 2.45. The van der Waals surface area contributed by atoms with Gasteiger partial charge in [0.15, 0.2) is 6.29 Å². The van der Waals surface area contributed by atoms with Crippen molar-refractivity contribution in [2.75, 3.05) is 13.2 Å². The van der Waals surface area contributed by atoms with Gasteiger partial charge in [-0.05, 0) is 12.8 Å². The van der Waals surface area contributed by atoms with Crippen molar-refractivity contribution in [1.29, 1.82) is 0 Å². The van der Waals surface area contributed by atoms with Crippen molar-refractivity contribution >= 4 is 5.91 Å². The van der Waals surface area contributed by atoms with E-state index in [1.54, 1.807) is 0 Å². The third-order valence-electron chi connectivity index (χ3n) is 11.2. The highest BCUT2D eigenvalue weighted by Crippen LogP contribution is 2.23. The van der Waals surface area contributed by atoms with Crippen molar-refractivity contribution in [3.8, 4) is 0 Å². The molecule has 8 N–H and O–H groups in total. The van der Waals surface area contributed by atoms with Crippen LogP contribution in [0, 0.1) is 0 Å². The van der Waals surface area contributed by atoms with E-state index < -0.39 is 74.2 Å². The SMILES string of the molecule is CCCCCCCCCCCCCCCCCCCC(O)C(O)C(COC1OC(CO)C(O)C(O)C1O)NC(=O)C(O)CCCCCCCCCCCC. The topological polar surface area (TPSA) is 189 Å². The molecule has 9 atom stereocenters. The van der Waals surface area contributed by atoms with Gasteiger partial charge in [-0.15, -0.1) is 0 Å². The summed E-state index contributed by atoms with van der Waals surface area (Å²) in [6, 6.07) is -1.16. The summed E-state index contributed by atoms with van der Waals surface area (Å²) >= 11 is 0. The Kier molecular flexibility index (Phi) is 32.4. The maximum absolute atomic E-state index is 13.0. The normalized spacial score (nSPS) is 22.6. The number of hydrogen-bond acceptors (Lipinski definition) is 10. The maximum atomic E-state index is 13.0. The Bertz CT molecular complexity index is 851. The average Bonchev–Trinajstić information content (AvgIpc) is 3.17. The quantitative estimate of drug-likeness (QED) is 0.0315. The van der Waals surface area contributed by atoms with Crippen LogP contribution in [-0.2, 0) is 14.3 Å². The van der Waals surface area contributed by atoms with Crippen molar-refractivity contribution in [1.82, 2.24) is 5.32 Å². The van der Waals surface area contributed by atoms with E-state index in [4.69, 9.17) is 9.47 Å². The van der Waals surface area contributed by atoms with Gasteiger partial charge in [0.2, 0.25) is 5.91 Å².